The third-order valence-corrected chi connectivity index (χ3v) is 3.84. The number of aliphatic hydroxyl groups excluding tert-OH is 1. The Kier molecular flexibility index (Phi) is 4.91. The van der Waals surface area contributed by atoms with Crippen molar-refractivity contribution in [3.8, 4) is 0 Å². The number of rotatable bonds is 4. The maximum Gasteiger partial charge on any atom is 0.158 e. The summed E-state index contributed by atoms with van der Waals surface area (Å²) < 4.78 is 24.8. The standard InChI is InChI=1S/C15H21FO3/c1-10-11(2)15(17)19-13(14(10)16)9-18-8-12-6-4-3-5-7-12/h3-7,10-11,13-15,17H,8-9H2,1-2H3/t10-,11?,13?,14+,15-/m1/s1. The predicted octanol–water partition coefficient (Wildman–Crippen LogP) is 2.53. The summed E-state index contributed by atoms with van der Waals surface area (Å²) in [6.07, 6.45) is -2.70. The number of alkyl halides is 1. The Morgan fingerprint density at radius 1 is 1.21 bits per heavy atom. The van der Waals surface area contributed by atoms with Gasteiger partial charge in [0.05, 0.1) is 13.2 Å². The molecule has 1 saturated heterocycles. The zero-order valence-electron chi connectivity index (χ0n) is 11.3. The maximum absolute atomic E-state index is 14.1. The molecule has 0 aromatic heterocycles. The quantitative estimate of drug-likeness (QED) is 0.912. The van der Waals surface area contributed by atoms with Gasteiger partial charge in [-0.2, -0.15) is 0 Å². The van der Waals surface area contributed by atoms with Crippen molar-refractivity contribution in [3.63, 3.8) is 0 Å². The van der Waals surface area contributed by atoms with Gasteiger partial charge in [0.15, 0.2) is 6.29 Å². The van der Waals surface area contributed by atoms with Crippen LogP contribution in [0, 0.1) is 11.8 Å². The van der Waals surface area contributed by atoms with Gasteiger partial charge in [-0.15, -0.1) is 0 Å². The number of ether oxygens (including phenoxy) is 2. The van der Waals surface area contributed by atoms with Crippen LogP contribution in [0.4, 0.5) is 4.39 Å². The van der Waals surface area contributed by atoms with Crippen molar-refractivity contribution in [1.82, 2.24) is 0 Å². The van der Waals surface area contributed by atoms with Crippen LogP contribution >= 0.6 is 0 Å². The summed E-state index contributed by atoms with van der Waals surface area (Å²) >= 11 is 0. The molecule has 0 amide bonds. The fraction of sp³-hybridized carbons (Fsp3) is 0.600. The Labute approximate surface area is 113 Å². The average molecular weight is 268 g/mol. The number of halogens is 1. The van der Waals surface area contributed by atoms with E-state index in [-0.39, 0.29) is 18.4 Å². The number of benzene rings is 1. The first-order valence-corrected chi connectivity index (χ1v) is 6.69. The van der Waals surface area contributed by atoms with Gasteiger partial charge in [-0.25, -0.2) is 4.39 Å². The van der Waals surface area contributed by atoms with E-state index in [2.05, 4.69) is 0 Å². The third-order valence-electron chi connectivity index (χ3n) is 3.84. The van der Waals surface area contributed by atoms with Crippen LogP contribution in [0.1, 0.15) is 19.4 Å². The molecule has 1 fully saturated rings. The Hall–Kier alpha value is -0.970. The molecule has 4 heteroatoms. The molecular formula is C15H21FO3. The van der Waals surface area contributed by atoms with Gasteiger partial charge in [0.25, 0.3) is 0 Å². The summed E-state index contributed by atoms with van der Waals surface area (Å²) in [5, 5.41) is 9.71. The second-order valence-corrected chi connectivity index (χ2v) is 5.23. The first-order chi connectivity index (χ1) is 9.09. The van der Waals surface area contributed by atoms with E-state index < -0.39 is 18.6 Å². The van der Waals surface area contributed by atoms with E-state index in [9.17, 15) is 9.50 Å². The highest BCUT2D eigenvalue weighted by atomic mass is 19.1. The molecule has 2 rings (SSSR count). The molecule has 2 unspecified atom stereocenters. The first-order valence-electron chi connectivity index (χ1n) is 6.69. The molecule has 1 aliphatic rings. The SMILES string of the molecule is CC1[C@H](O)OC(COCc2ccccc2)[C@@H](F)[C@@H]1C. The van der Waals surface area contributed by atoms with Gasteiger partial charge < -0.3 is 14.6 Å². The molecule has 19 heavy (non-hydrogen) atoms. The van der Waals surface area contributed by atoms with E-state index in [1.807, 2.05) is 30.3 Å². The Balaban J connectivity index is 1.82. The third kappa shape index (κ3) is 3.53. The minimum atomic E-state index is -1.10. The van der Waals surface area contributed by atoms with Crippen LogP contribution in [-0.2, 0) is 16.1 Å². The van der Waals surface area contributed by atoms with Crippen molar-refractivity contribution < 1.29 is 19.0 Å². The molecule has 1 N–H and O–H groups in total. The summed E-state index contributed by atoms with van der Waals surface area (Å²) in [5.74, 6) is -0.422. The lowest BCUT2D eigenvalue weighted by Gasteiger charge is -2.38. The van der Waals surface area contributed by atoms with Crippen LogP contribution in [0.2, 0.25) is 0 Å². The van der Waals surface area contributed by atoms with E-state index in [4.69, 9.17) is 9.47 Å². The van der Waals surface area contributed by atoms with Crippen molar-refractivity contribution in [2.45, 2.75) is 39.0 Å². The summed E-state index contributed by atoms with van der Waals surface area (Å²) in [4.78, 5) is 0. The molecule has 1 aliphatic heterocycles. The smallest absolute Gasteiger partial charge is 0.158 e. The fourth-order valence-corrected chi connectivity index (χ4v) is 2.26. The lowest BCUT2D eigenvalue weighted by molar-refractivity contribution is -0.240. The lowest BCUT2D eigenvalue weighted by Crippen LogP contribution is -2.49. The summed E-state index contributed by atoms with van der Waals surface area (Å²) in [5.41, 5.74) is 1.04. The largest absolute Gasteiger partial charge is 0.374 e. The van der Waals surface area contributed by atoms with Crippen LogP contribution in [0.3, 0.4) is 0 Å². The first kappa shape index (κ1) is 14.4. The van der Waals surface area contributed by atoms with E-state index in [0.29, 0.717) is 6.61 Å². The molecule has 1 aromatic rings. The van der Waals surface area contributed by atoms with E-state index in [1.165, 1.54) is 0 Å². The van der Waals surface area contributed by atoms with Gasteiger partial charge in [0.2, 0.25) is 0 Å². The highest BCUT2D eigenvalue weighted by Crippen LogP contribution is 2.31. The molecule has 0 bridgehead atoms. The maximum atomic E-state index is 14.1. The fourth-order valence-electron chi connectivity index (χ4n) is 2.26. The van der Waals surface area contributed by atoms with Crippen molar-refractivity contribution in [3.05, 3.63) is 35.9 Å². The normalized spacial score (nSPS) is 35.3. The number of hydrogen-bond donors (Lipinski definition) is 1. The van der Waals surface area contributed by atoms with Crippen molar-refractivity contribution in [1.29, 1.82) is 0 Å². The lowest BCUT2D eigenvalue weighted by atomic mass is 9.86. The monoisotopic (exact) mass is 268 g/mol. The van der Waals surface area contributed by atoms with Gasteiger partial charge in [-0.05, 0) is 11.5 Å². The molecule has 0 radical (unpaired) electrons. The van der Waals surface area contributed by atoms with Gasteiger partial charge >= 0.3 is 0 Å². The summed E-state index contributed by atoms with van der Waals surface area (Å²) in [6.45, 7) is 4.17. The Morgan fingerprint density at radius 3 is 2.58 bits per heavy atom. The van der Waals surface area contributed by atoms with Crippen LogP contribution < -0.4 is 0 Å². The topological polar surface area (TPSA) is 38.7 Å². The van der Waals surface area contributed by atoms with Crippen LogP contribution in [0.25, 0.3) is 0 Å². The predicted molar refractivity (Wildman–Crippen MR) is 70.2 cm³/mol. The Morgan fingerprint density at radius 2 is 1.89 bits per heavy atom. The molecule has 1 heterocycles. The summed E-state index contributed by atoms with van der Waals surface area (Å²) in [7, 11) is 0. The van der Waals surface area contributed by atoms with E-state index in [1.54, 1.807) is 13.8 Å². The molecule has 1 aromatic carbocycles. The molecule has 0 spiro atoms. The van der Waals surface area contributed by atoms with Crippen molar-refractivity contribution in [2.75, 3.05) is 6.61 Å². The van der Waals surface area contributed by atoms with Gasteiger partial charge in [-0.3, -0.25) is 0 Å². The highest BCUT2D eigenvalue weighted by Gasteiger charge is 2.41. The van der Waals surface area contributed by atoms with Gasteiger partial charge in [0.1, 0.15) is 12.3 Å². The molecule has 5 atom stereocenters. The van der Waals surface area contributed by atoms with E-state index in [0.717, 1.165) is 5.56 Å². The second-order valence-electron chi connectivity index (χ2n) is 5.23. The molecule has 0 aliphatic carbocycles. The van der Waals surface area contributed by atoms with Crippen molar-refractivity contribution >= 4 is 0 Å². The van der Waals surface area contributed by atoms with Crippen LogP contribution in [0.5, 0.6) is 0 Å². The minimum Gasteiger partial charge on any atom is -0.374 e. The zero-order chi connectivity index (χ0) is 13.8. The highest BCUT2D eigenvalue weighted by molar-refractivity contribution is 5.13. The van der Waals surface area contributed by atoms with Gasteiger partial charge in [0, 0.05) is 5.92 Å². The Bertz CT molecular complexity index is 384. The minimum absolute atomic E-state index is 0.157. The molecular weight excluding hydrogens is 247 g/mol. The van der Waals surface area contributed by atoms with Gasteiger partial charge in [-0.1, -0.05) is 44.2 Å². The molecule has 0 saturated carbocycles. The van der Waals surface area contributed by atoms with Crippen LogP contribution in [0.15, 0.2) is 30.3 Å². The van der Waals surface area contributed by atoms with Crippen LogP contribution in [-0.4, -0.2) is 30.3 Å². The summed E-state index contributed by atoms with van der Waals surface area (Å²) in [6, 6.07) is 9.70. The second kappa shape index (κ2) is 6.46. The average Bonchev–Trinajstić information content (AvgIpc) is 2.43. The van der Waals surface area contributed by atoms with E-state index >= 15 is 0 Å². The number of hydrogen-bond acceptors (Lipinski definition) is 3. The zero-order valence-corrected chi connectivity index (χ0v) is 11.3. The number of aliphatic hydroxyl groups is 1. The molecule has 106 valence electrons. The molecule has 3 nitrogen and oxygen atoms in total. The van der Waals surface area contributed by atoms with Crippen molar-refractivity contribution in [2.24, 2.45) is 11.8 Å².